The molecule has 2 aliphatic heterocycles. The Hall–Kier alpha value is -1.65. The molecule has 0 radical (unpaired) electrons. The van der Waals surface area contributed by atoms with Crippen LogP contribution >= 0.6 is 0 Å². The highest BCUT2D eigenvalue weighted by Crippen LogP contribution is 2.38. The number of piperidine rings is 1. The van der Waals surface area contributed by atoms with E-state index < -0.39 is 0 Å². The van der Waals surface area contributed by atoms with Gasteiger partial charge in [0.2, 0.25) is 11.9 Å². The largest absolute Gasteiger partial charge is 0.356 e. The van der Waals surface area contributed by atoms with Crippen LogP contribution in [0.15, 0.2) is 12.3 Å². The summed E-state index contributed by atoms with van der Waals surface area (Å²) in [5.74, 6) is 1.74. The fraction of sp³-hybridized carbons (Fsp3) is 0.706. The molecule has 1 spiro atoms. The Morgan fingerprint density at radius 3 is 2.68 bits per heavy atom. The van der Waals surface area contributed by atoms with E-state index >= 15 is 0 Å². The molecule has 0 unspecified atom stereocenters. The molecule has 3 heterocycles. The van der Waals surface area contributed by atoms with Gasteiger partial charge in [-0.2, -0.15) is 0 Å². The van der Waals surface area contributed by atoms with Crippen LogP contribution in [0.4, 0.5) is 5.95 Å². The molecule has 118 valence electrons. The summed E-state index contributed by atoms with van der Waals surface area (Å²) in [5.41, 5.74) is 1.41. The van der Waals surface area contributed by atoms with Crippen LogP contribution in [0.2, 0.25) is 0 Å². The molecule has 1 saturated carbocycles. The fourth-order valence-electron chi connectivity index (χ4n) is 4.25. The maximum atomic E-state index is 11.5. The van der Waals surface area contributed by atoms with E-state index in [4.69, 9.17) is 4.98 Å². The Morgan fingerprint density at radius 1 is 1.23 bits per heavy atom. The first-order chi connectivity index (χ1) is 10.7. The lowest BCUT2D eigenvalue weighted by Gasteiger charge is -2.38. The van der Waals surface area contributed by atoms with E-state index in [1.54, 1.807) is 0 Å². The molecule has 0 aromatic carbocycles. The van der Waals surface area contributed by atoms with Gasteiger partial charge in [-0.15, -0.1) is 0 Å². The van der Waals surface area contributed by atoms with E-state index in [0.717, 1.165) is 38.4 Å². The summed E-state index contributed by atoms with van der Waals surface area (Å²) in [6.45, 7) is 2.77. The summed E-state index contributed by atoms with van der Waals surface area (Å²) >= 11 is 0. The molecular formula is C17H24N4O. The summed E-state index contributed by atoms with van der Waals surface area (Å²) in [6.07, 6.45) is 9.94. The lowest BCUT2D eigenvalue weighted by molar-refractivity contribution is -0.119. The molecule has 1 N–H and O–H groups in total. The maximum absolute atomic E-state index is 11.5. The minimum Gasteiger partial charge on any atom is -0.356 e. The second-order valence-electron chi connectivity index (χ2n) is 7.20. The number of nitrogens with one attached hydrogen (secondary N) is 1. The van der Waals surface area contributed by atoms with Crippen LogP contribution in [0.5, 0.6) is 0 Å². The summed E-state index contributed by atoms with van der Waals surface area (Å²) in [6, 6.07) is 2.09. The Balaban J connectivity index is 1.45. The second kappa shape index (κ2) is 5.52. The summed E-state index contributed by atoms with van der Waals surface area (Å²) < 4.78 is 0. The van der Waals surface area contributed by atoms with Crippen LogP contribution in [0.25, 0.3) is 0 Å². The quantitative estimate of drug-likeness (QED) is 0.910. The van der Waals surface area contributed by atoms with Gasteiger partial charge in [0.1, 0.15) is 0 Å². The number of nitrogens with zero attached hydrogens (tertiary/aromatic N) is 3. The summed E-state index contributed by atoms with van der Waals surface area (Å²) in [5, 5.41) is 2.99. The number of anilines is 1. The van der Waals surface area contributed by atoms with Gasteiger partial charge < -0.3 is 10.2 Å². The number of hydrogen-bond donors (Lipinski definition) is 1. The topological polar surface area (TPSA) is 58.1 Å². The molecule has 0 bridgehead atoms. The van der Waals surface area contributed by atoms with Crippen molar-refractivity contribution in [3.63, 3.8) is 0 Å². The summed E-state index contributed by atoms with van der Waals surface area (Å²) in [4.78, 5) is 23.1. The van der Waals surface area contributed by atoms with Gasteiger partial charge in [-0.05, 0) is 37.2 Å². The minimum absolute atomic E-state index is 0.191. The average molecular weight is 300 g/mol. The van der Waals surface area contributed by atoms with Crippen molar-refractivity contribution in [1.29, 1.82) is 0 Å². The molecule has 1 aromatic heterocycles. The Bertz CT molecular complexity index is 560. The lowest BCUT2D eigenvalue weighted by atomic mass is 9.78. The van der Waals surface area contributed by atoms with Crippen LogP contribution in [0.1, 0.15) is 56.6 Å². The molecule has 4 rings (SSSR count). The van der Waals surface area contributed by atoms with Gasteiger partial charge in [-0.25, -0.2) is 9.97 Å². The third-order valence-electron chi connectivity index (χ3n) is 5.74. The van der Waals surface area contributed by atoms with Crippen LogP contribution < -0.4 is 10.2 Å². The van der Waals surface area contributed by atoms with E-state index in [2.05, 4.69) is 21.3 Å². The van der Waals surface area contributed by atoms with Gasteiger partial charge in [0.25, 0.3) is 0 Å². The van der Waals surface area contributed by atoms with Crippen molar-refractivity contribution in [3.8, 4) is 0 Å². The highest BCUT2D eigenvalue weighted by molar-refractivity contribution is 5.79. The molecule has 0 atom stereocenters. The standard InChI is InChI=1S/C17H24N4O/c22-15-11-17(12-19-15)6-9-21(10-7-17)16-18-8-5-14(20-16)13-3-1-2-4-13/h5,8,13H,1-4,6-7,9-12H2,(H,19,22). The van der Waals surface area contributed by atoms with E-state index in [0.29, 0.717) is 12.3 Å². The number of amides is 1. The average Bonchev–Trinajstić information content (AvgIpc) is 3.19. The van der Waals surface area contributed by atoms with Crippen molar-refractivity contribution in [3.05, 3.63) is 18.0 Å². The minimum atomic E-state index is 0.191. The van der Waals surface area contributed by atoms with Crippen molar-refractivity contribution in [2.75, 3.05) is 24.5 Å². The zero-order valence-electron chi connectivity index (χ0n) is 13.1. The SMILES string of the molecule is O=C1CC2(CCN(c3nccc(C4CCCC4)n3)CC2)CN1. The van der Waals surface area contributed by atoms with Gasteiger partial charge in [-0.3, -0.25) is 4.79 Å². The van der Waals surface area contributed by atoms with E-state index in [1.807, 2.05) is 6.20 Å². The fourth-order valence-corrected chi connectivity index (χ4v) is 4.25. The van der Waals surface area contributed by atoms with Gasteiger partial charge in [0.15, 0.2) is 0 Å². The van der Waals surface area contributed by atoms with Crippen LogP contribution in [-0.4, -0.2) is 35.5 Å². The molecule has 2 saturated heterocycles. The predicted molar refractivity (Wildman–Crippen MR) is 84.7 cm³/mol. The third-order valence-corrected chi connectivity index (χ3v) is 5.74. The van der Waals surface area contributed by atoms with Gasteiger partial charge >= 0.3 is 0 Å². The van der Waals surface area contributed by atoms with Crippen molar-refractivity contribution in [2.45, 2.75) is 50.9 Å². The Kier molecular flexibility index (Phi) is 3.51. The molecule has 1 aliphatic carbocycles. The van der Waals surface area contributed by atoms with Crippen LogP contribution in [-0.2, 0) is 4.79 Å². The van der Waals surface area contributed by atoms with Crippen LogP contribution in [0, 0.1) is 5.41 Å². The molecule has 3 fully saturated rings. The maximum Gasteiger partial charge on any atom is 0.225 e. The smallest absolute Gasteiger partial charge is 0.225 e. The van der Waals surface area contributed by atoms with Crippen molar-refractivity contribution in [1.82, 2.24) is 15.3 Å². The first-order valence-corrected chi connectivity index (χ1v) is 8.59. The Labute approximate surface area is 131 Å². The molecule has 1 amide bonds. The normalized spacial score (nSPS) is 24.9. The van der Waals surface area contributed by atoms with Gasteiger partial charge in [0, 0.05) is 43.9 Å². The zero-order valence-corrected chi connectivity index (χ0v) is 13.1. The highest BCUT2D eigenvalue weighted by Gasteiger charge is 2.41. The van der Waals surface area contributed by atoms with Crippen molar-refractivity contribution < 1.29 is 4.79 Å². The zero-order chi connectivity index (χ0) is 15.0. The molecule has 5 heteroatoms. The monoisotopic (exact) mass is 300 g/mol. The first-order valence-electron chi connectivity index (χ1n) is 8.59. The summed E-state index contributed by atoms with van der Waals surface area (Å²) in [7, 11) is 0. The third kappa shape index (κ3) is 2.57. The van der Waals surface area contributed by atoms with E-state index in [-0.39, 0.29) is 11.3 Å². The van der Waals surface area contributed by atoms with E-state index in [9.17, 15) is 4.79 Å². The predicted octanol–water partition coefficient (Wildman–Crippen LogP) is 2.24. The molecule has 22 heavy (non-hydrogen) atoms. The van der Waals surface area contributed by atoms with Crippen LogP contribution in [0.3, 0.4) is 0 Å². The number of aromatic nitrogens is 2. The van der Waals surface area contributed by atoms with Crippen molar-refractivity contribution >= 4 is 11.9 Å². The molecular weight excluding hydrogens is 276 g/mol. The molecule has 1 aromatic rings. The molecule has 5 nitrogen and oxygen atoms in total. The Morgan fingerprint density at radius 2 is 2.00 bits per heavy atom. The number of rotatable bonds is 2. The number of carbonyl (C=O) groups is 1. The second-order valence-corrected chi connectivity index (χ2v) is 7.20. The first kappa shape index (κ1) is 14.0. The van der Waals surface area contributed by atoms with Crippen molar-refractivity contribution in [2.24, 2.45) is 5.41 Å². The molecule has 3 aliphatic rings. The van der Waals surface area contributed by atoms with E-state index in [1.165, 1.54) is 31.4 Å². The highest BCUT2D eigenvalue weighted by atomic mass is 16.1. The number of hydrogen-bond acceptors (Lipinski definition) is 4. The lowest BCUT2D eigenvalue weighted by Crippen LogP contribution is -2.42. The van der Waals surface area contributed by atoms with Gasteiger partial charge in [-0.1, -0.05) is 12.8 Å². The number of carbonyl (C=O) groups excluding carboxylic acids is 1. The van der Waals surface area contributed by atoms with Gasteiger partial charge in [0.05, 0.1) is 0 Å².